The highest BCUT2D eigenvalue weighted by Gasteiger charge is 2.21. The molecule has 0 atom stereocenters. The van der Waals surface area contributed by atoms with Crippen molar-refractivity contribution in [1.82, 2.24) is 9.88 Å². The fraction of sp³-hybridized carbons (Fsp3) is 0.250. The lowest BCUT2D eigenvalue weighted by Crippen LogP contribution is -2.36. The molecule has 1 aliphatic rings. The number of nitrogens with zero attached hydrogens (tertiary/aromatic N) is 1. The van der Waals surface area contributed by atoms with Crippen molar-refractivity contribution < 1.29 is 9.53 Å². The number of carbonyl (C=O) groups is 1. The Kier molecular flexibility index (Phi) is 4.06. The van der Waals surface area contributed by atoms with E-state index in [0.29, 0.717) is 13.1 Å². The molecule has 5 heteroatoms. The van der Waals surface area contributed by atoms with E-state index >= 15 is 0 Å². The fourth-order valence-corrected chi connectivity index (χ4v) is 3.47. The Morgan fingerprint density at radius 3 is 2.84 bits per heavy atom. The van der Waals surface area contributed by atoms with E-state index in [9.17, 15) is 4.79 Å². The predicted octanol–water partition coefficient (Wildman–Crippen LogP) is 3.81. The first kappa shape index (κ1) is 15.6. The molecule has 128 valence electrons. The summed E-state index contributed by atoms with van der Waals surface area (Å²) in [7, 11) is 1.62. The molecule has 0 bridgehead atoms. The van der Waals surface area contributed by atoms with Gasteiger partial charge < -0.3 is 19.9 Å². The van der Waals surface area contributed by atoms with Gasteiger partial charge in [-0.1, -0.05) is 24.3 Å². The van der Waals surface area contributed by atoms with Crippen LogP contribution in [0.5, 0.6) is 5.75 Å². The SMILES string of the molecule is COc1cccc(NC(=O)N2CCc3[nH]c4ccccc4c3CC2)c1. The van der Waals surface area contributed by atoms with Gasteiger partial charge in [0.2, 0.25) is 0 Å². The minimum absolute atomic E-state index is 0.0669. The molecule has 0 spiro atoms. The van der Waals surface area contributed by atoms with Crippen molar-refractivity contribution in [2.45, 2.75) is 12.8 Å². The van der Waals surface area contributed by atoms with Crippen molar-refractivity contribution in [2.24, 2.45) is 0 Å². The summed E-state index contributed by atoms with van der Waals surface area (Å²) in [5.41, 5.74) is 4.52. The van der Waals surface area contributed by atoms with E-state index in [-0.39, 0.29) is 6.03 Å². The number of anilines is 1. The maximum absolute atomic E-state index is 12.6. The van der Waals surface area contributed by atoms with Gasteiger partial charge in [-0.2, -0.15) is 0 Å². The lowest BCUT2D eigenvalue weighted by Gasteiger charge is -2.21. The van der Waals surface area contributed by atoms with E-state index in [0.717, 1.165) is 24.3 Å². The number of aromatic amines is 1. The number of rotatable bonds is 2. The largest absolute Gasteiger partial charge is 0.497 e. The highest BCUT2D eigenvalue weighted by molar-refractivity contribution is 5.90. The lowest BCUT2D eigenvalue weighted by molar-refractivity contribution is 0.214. The average molecular weight is 335 g/mol. The van der Waals surface area contributed by atoms with Gasteiger partial charge in [0.05, 0.1) is 7.11 Å². The summed E-state index contributed by atoms with van der Waals surface area (Å²) in [6.45, 7) is 1.42. The molecule has 0 fully saturated rings. The number of carbonyl (C=O) groups excluding carboxylic acids is 1. The molecular weight excluding hydrogens is 314 g/mol. The minimum atomic E-state index is -0.0669. The zero-order chi connectivity index (χ0) is 17.2. The van der Waals surface area contributed by atoms with E-state index < -0.39 is 0 Å². The van der Waals surface area contributed by atoms with Crippen molar-refractivity contribution in [3.63, 3.8) is 0 Å². The van der Waals surface area contributed by atoms with Crippen LogP contribution in [0.15, 0.2) is 48.5 Å². The lowest BCUT2D eigenvalue weighted by atomic mass is 10.1. The molecule has 2 N–H and O–H groups in total. The molecule has 0 unspecified atom stereocenters. The molecule has 5 nitrogen and oxygen atoms in total. The predicted molar refractivity (Wildman–Crippen MR) is 99.3 cm³/mol. The minimum Gasteiger partial charge on any atom is -0.497 e. The summed E-state index contributed by atoms with van der Waals surface area (Å²) in [4.78, 5) is 18.0. The van der Waals surface area contributed by atoms with Crippen molar-refractivity contribution in [3.8, 4) is 5.75 Å². The number of ether oxygens (including phenoxy) is 1. The first-order valence-corrected chi connectivity index (χ1v) is 8.53. The van der Waals surface area contributed by atoms with Crippen molar-refractivity contribution in [1.29, 1.82) is 0 Å². The standard InChI is InChI=1S/C20H21N3O2/c1-25-15-6-4-5-14(13-15)21-20(24)23-11-9-17-16-7-2-3-8-18(16)22-19(17)10-12-23/h2-8,13,22H,9-12H2,1H3,(H,21,24). The van der Waals surface area contributed by atoms with E-state index in [2.05, 4.69) is 28.5 Å². The smallest absolute Gasteiger partial charge is 0.321 e. The molecule has 2 heterocycles. The molecule has 25 heavy (non-hydrogen) atoms. The summed E-state index contributed by atoms with van der Waals surface area (Å²) in [5, 5.41) is 4.24. The third-order valence-electron chi connectivity index (χ3n) is 4.77. The van der Waals surface area contributed by atoms with Crippen LogP contribution in [0.4, 0.5) is 10.5 Å². The fourth-order valence-electron chi connectivity index (χ4n) is 3.47. The maximum Gasteiger partial charge on any atom is 0.321 e. The van der Waals surface area contributed by atoms with Gasteiger partial charge in [-0.25, -0.2) is 4.79 Å². The van der Waals surface area contributed by atoms with Crippen LogP contribution in [0.2, 0.25) is 0 Å². The van der Waals surface area contributed by atoms with Crippen LogP contribution in [-0.4, -0.2) is 36.1 Å². The molecule has 2 aromatic carbocycles. The van der Waals surface area contributed by atoms with Gasteiger partial charge in [-0.15, -0.1) is 0 Å². The third-order valence-corrected chi connectivity index (χ3v) is 4.77. The number of para-hydroxylation sites is 1. The molecule has 1 aromatic heterocycles. The molecule has 1 aliphatic heterocycles. The molecule has 0 saturated heterocycles. The summed E-state index contributed by atoms with van der Waals surface area (Å²) < 4.78 is 5.21. The van der Waals surface area contributed by atoms with E-state index in [1.54, 1.807) is 7.11 Å². The molecule has 2 amide bonds. The van der Waals surface area contributed by atoms with Crippen molar-refractivity contribution in [2.75, 3.05) is 25.5 Å². The van der Waals surface area contributed by atoms with Gasteiger partial charge in [-0.05, 0) is 30.2 Å². The van der Waals surface area contributed by atoms with Gasteiger partial charge in [0.15, 0.2) is 0 Å². The monoisotopic (exact) mass is 335 g/mol. The van der Waals surface area contributed by atoms with Crippen molar-refractivity contribution in [3.05, 3.63) is 59.8 Å². The number of methoxy groups -OCH3 is 1. The second kappa shape index (κ2) is 6.51. The highest BCUT2D eigenvalue weighted by atomic mass is 16.5. The van der Waals surface area contributed by atoms with Crippen molar-refractivity contribution >= 4 is 22.6 Å². The summed E-state index contributed by atoms with van der Waals surface area (Å²) in [6.07, 6.45) is 1.71. The molecule has 3 aromatic rings. The number of hydrogen-bond donors (Lipinski definition) is 2. The number of urea groups is 1. The number of H-pyrrole nitrogens is 1. The Labute approximate surface area is 146 Å². The first-order chi connectivity index (χ1) is 12.2. The Hall–Kier alpha value is -2.95. The second-order valence-electron chi connectivity index (χ2n) is 6.28. The van der Waals surface area contributed by atoms with Crippen LogP contribution in [-0.2, 0) is 12.8 Å². The van der Waals surface area contributed by atoms with Gasteiger partial charge in [0.1, 0.15) is 5.75 Å². The topological polar surface area (TPSA) is 57.4 Å². The van der Waals surface area contributed by atoms with E-state index in [4.69, 9.17) is 4.74 Å². The molecule has 4 rings (SSSR count). The van der Waals surface area contributed by atoms with Gasteiger partial charge in [0.25, 0.3) is 0 Å². The molecule has 0 radical (unpaired) electrons. The summed E-state index contributed by atoms with van der Waals surface area (Å²) in [6, 6.07) is 15.7. The van der Waals surface area contributed by atoms with Gasteiger partial charge in [-0.3, -0.25) is 0 Å². The third kappa shape index (κ3) is 3.05. The molecule has 0 saturated carbocycles. The average Bonchev–Trinajstić information content (AvgIpc) is 2.86. The quantitative estimate of drug-likeness (QED) is 0.748. The number of amides is 2. The molecular formula is C20H21N3O2. The number of aromatic nitrogens is 1. The summed E-state index contributed by atoms with van der Waals surface area (Å²) in [5.74, 6) is 0.732. The Morgan fingerprint density at radius 2 is 1.96 bits per heavy atom. The van der Waals surface area contributed by atoms with E-state index in [1.165, 1.54) is 22.2 Å². The Balaban J connectivity index is 1.48. The van der Waals surface area contributed by atoms with Crippen LogP contribution in [0.3, 0.4) is 0 Å². The number of hydrogen-bond acceptors (Lipinski definition) is 2. The number of fused-ring (bicyclic) bond motifs is 3. The van der Waals surface area contributed by atoms with Crippen LogP contribution in [0, 0.1) is 0 Å². The van der Waals surface area contributed by atoms with Crippen LogP contribution < -0.4 is 10.1 Å². The Morgan fingerprint density at radius 1 is 1.12 bits per heavy atom. The normalized spacial score (nSPS) is 14.0. The second-order valence-corrected chi connectivity index (χ2v) is 6.28. The van der Waals surface area contributed by atoms with Gasteiger partial charge >= 0.3 is 6.03 Å². The van der Waals surface area contributed by atoms with Gasteiger partial charge in [0, 0.05) is 47.9 Å². The number of nitrogens with one attached hydrogen (secondary N) is 2. The van der Waals surface area contributed by atoms with Crippen LogP contribution in [0.25, 0.3) is 10.9 Å². The van der Waals surface area contributed by atoms with Crippen LogP contribution in [0.1, 0.15) is 11.3 Å². The zero-order valence-electron chi connectivity index (χ0n) is 14.2. The maximum atomic E-state index is 12.6. The van der Waals surface area contributed by atoms with E-state index in [1.807, 2.05) is 35.2 Å². The van der Waals surface area contributed by atoms with Crippen LogP contribution >= 0.6 is 0 Å². The highest BCUT2D eigenvalue weighted by Crippen LogP contribution is 2.26. The number of benzene rings is 2. The Bertz CT molecular complexity index is 916. The zero-order valence-corrected chi connectivity index (χ0v) is 14.2. The summed E-state index contributed by atoms with van der Waals surface area (Å²) >= 11 is 0. The first-order valence-electron chi connectivity index (χ1n) is 8.53. The molecule has 0 aliphatic carbocycles.